The van der Waals surface area contributed by atoms with E-state index in [-0.39, 0.29) is 17.2 Å². The number of hydrogen-bond donors (Lipinski definition) is 3. The minimum atomic E-state index is -0.353. The first-order valence-electron chi connectivity index (χ1n) is 16.1. The maximum absolute atomic E-state index is 13.3. The van der Waals surface area contributed by atoms with Gasteiger partial charge < -0.3 is 20.1 Å². The van der Waals surface area contributed by atoms with Crippen molar-refractivity contribution in [3.05, 3.63) is 107 Å². The lowest BCUT2D eigenvalue weighted by Gasteiger charge is -2.14. The van der Waals surface area contributed by atoms with E-state index in [0.29, 0.717) is 41.0 Å². The standard InChI is InChI=1S/C37H39ClN8O3S/c1-37(2,3)32-21-34(46(43-32)25-10-13-27(14-11-25)49-19-18-44(4)5)40-36(48)39-22-24-8-6-7-9-31(24)50-28-15-17-33-41-42-35(45(33)23-28)29-20-26(47)12-16-30(29)38/h6-17,20-21,23,47H,18-19,22H2,1-5H3,(H2,39,40,48). The van der Waals surface area contributed by atoms with Crippen LogP contribution < -0.4 is 15.4 Å². The number of phenols is 1. The number of nitrogens with one attached hydrogen (secondary N) is 2. The SMILES string of the molecule is CN(C)CCOc1ccc(-n2nc(C(C)(C)C)cc2NC(=O)NCc2ccccc2Sc2ccc3nnc(-c4cc(O)ccc4Cl)n3c2)cc1. The summed E-state index contributed by atoms with van der Waals surface area (Å²) in [6, 6.07) is 25.7. The molecule has 0 saturated heterocycles. The molecule has 258 valence electrons. The highest BCUT2D eigenvalue weighted by atomic mass is 35.5. The fourth-order valence-electron chi connectivity index (χ4n) is 5.08. The van der Waals surface area contributed by atoms with E-state index >= 15 is 0 Å². The zero-order valence-electron chi connectivity index (χ0n) is 28.5. The van der Waals surface area contributed by atoms with Crippen LogP contribution in [0.2, 0.25) is 5.02 Å². The van der Waals surface area contributed by atoms with Crippen molar-refractivity contribution < 1.29 is 14.6 Å². The topological polar surface area (TPSA) is 122 Å². The molecule has 50 heavy (non-hydrogen) atoms. The maximum Gasteiger partial charge on any atom is 0.320 e. The number of fused-ring (bicyclic) bond motifs is 1. The molecule has 3 aromatic heterocycles. The van der Waals surface area contributed by atoms with Crippen LogP contribution in [0, 0.1) is 0 Å². The lowest BCUT2D eigenvalue weighted by molar-refractivity contribution is 0.251. The number of pyridine rings is 1. The van der Waals surface area contributed by atoms with Crippen molar-refractivity contribution in [1.29, 1.82) is 0 Å². The minimum absolute atomic E-state index is 0.0895. The second-order valence-corrected chi connectivity index (χ2v) is 14.5. The number of aromatic nitrogens is 5. The molecule has 3 heterocycles. The van der Waals surface area contributed by atoms with Gasteiger partial charge in [0, 0.05) is 46.1 Å². The minimum Gasteiger partial charge on any atom is -0.508 e. The van der Waals surface area contributed by atoms with E-state index in [2.05, 4.69) is 46.5 Å². The third-order valence-electron chi connectivity index (χ3n) is 7.81. The molecule has 0 spiro atoms. The van der Waals surface area contributed by atoms with Crippen LogP contribution in [-0.4, -0.2) is 67.7 Å². The Morgan fingerprint density at radius 3 is 2.54 bits per heavy atom. The van der Waals surface area contributed by atoms with Gasteiger partial charge in [0.1, 0.15) is 23.9 Å². The number of halogens is 1. The van der Waals surface area contributed by atoms with Gasteiger partial charge in [-0.05, 0) is 80.3 Å². The van der Waals surface area contributed by atoms with Crippen LogP contribution in [0.4, 0.5) is 10.6 Å². The number of aromatic hydroxyl groups is 1. The first-order valence-corrected chi connectivity index (χ1v) is 17.3. The van der Waals surface area contributed by atoms with Crippen LogP contribution >= 0.6 is 23.4 Å². The number of urea groups is 1. The molecule has 6 aromatic rings. The van der Waals surface area contributed by atoms with Crippen molar-refractivity contribution in [2.24, 2.45) is 0 Å². The third kappa shape index (κ3) is 8.21. The molecular formula is C37H39ClN8O3S. The van der Waals surface area contributed by atoms with E-state index in [1.807, 2.05) is 91.4 Å². The zero-order chi connectivity index (χ0) is 35.4. The maximum atomic E-state index is 13.3. The number of amides is 2. The van der Waals surface area contributed by atoms with Crippen LogP contribution in [-0.2, 0) is 12.0 Å². The predicted octanol–water partition coefficient (Wildman–Crippen LogP) is 7.65. The summed E-state index contributed by atoms with van der Waals surface area (Å²) in [6.45, 7) is 7.97. The summed E-state index contributed by atoms with van der Waals surface area (Å²) in [5, 5.41) is 30.0. The molecule has 3 N–H and O–H groups in total. The van der Waals surface area contributed by atoms with Gasteiger partial charge in [-0.15, -0.1) is 10.2 Å². The van der Waals surface area contributed by atoms with Crippen LogP contribution in [0.25, 0.3) is 22.7 Å². The number of anilines is 1. The molecule has 0 saturated carbocycles. The van der Waals surface area contributed by atoms with Gasteiger partial charge >= 0.3 is 6.03 Å². The second-order valence-electron chi connectivity index (χ2n) is 13.0. The van der Waals surface area contributed by atoms with Crippen LogP contribution in [0.5, 0.6) is 11.5 Å². The Balaban J connectivity index is 1.16. The Morgan fingerprint density at radius 1 is 1.00 bits per heavy atom. The number of nitrogens with zero attached hydrogens (tertiary/aromatic N) is 6. The highest BCUT2D eigenvalue weighted by Gasteiger charge is 2.22. The van der Waals surface area contributed by atoms with E-state index in [1.54, 1.807) is 28.6 Å². The molecule has 0 unspecified atom stereocenters. The molecule has 3 aromatic carbocycles. The van der Waals surface area contributed by atoms with Gasteiger partial charge in [0.05, 0.1) is 16.4 Å². The quantitative estimate of drug-likeness (QED) is 0.125. The van der Waals surface area contributed by atoms with E-state index in [0.717, 1.165) is 39.0 Å². The summed E-state index contributed by atoms with van der Waals surface area (Å²) in [5.41, 5.74) is 3.59. The molecule has 0 aliphatic heterocycles. The number of carbonyl (C=O) groups excluding carboxylic acids is 1. The Bertz CT molecular complexity index is 2120. The van der Waals surface area contributed by atoms with E-state index in [1.165, 1.54) is 6.07 Å². The normalized spacial score (nSPS) is 11.7. The number of hydrogen-bond acceptors (Lipinski definition) is 8. The van der Waals surface area contributed by atoms with Gasteiger partial charge in [-0.2, -0.15) is 5.10 Å². The Morgan fingerprint density at radius 2 is 1.78 bits per heavy atom. The van der Waals surface area contributed by atoms with Gasteiger partial charge in [0.2, 0.25) is 0 Å². The first-order chi connectivity index (χ1) is 23.9. The summed E-state index contributed by atoms with van der Waals surface area (Å²) in [4.78, 5) is 17.3. The number of ether oxygens (including phenoxy) is 1. The van der Waals surface area contributed by atoms with Gasteiger partial charge in [-0.3, -0.25) is 9.72 Å². The summed E-state index contributed by atoms with van der Waals surface area (Å²) < 4.78 is 9.45. The number of rotatable bonds is 11. The molecule has 0 radical (unpaired) electrons. The molecule has 2 amide bonds. The number of likely N-dealkylation sites (N-methyl/N-ethyl adjacent to an activating group) is 1. The van der Waals surface area contributed by atoms with Crippen molar-refractivity contribution in [3.63, 3.8) is 0 Å². The summed E-state index contributed by atoms with van der Waals surface area (Å²) in [5.74, 6) is 1.94. The van der Waals surface area contributed by atoms with E-state index < -0.39 is 0 Å². The molecule has 0 fully saturated rings. The lowest BCUT2D eigenvalue weighted by Crippen LogP contribution is -2.29. The fraction of sp³-hybridized carbons (Fsp3) is 0.243. The molecule has 0 aliphatic rings. The molecule has 13 heteroatoms. The fourth-order valence-corrected chi connectivity index (χ4v) is 6.24. The summed E-state index contributed by atoms with van der Waals surface area (Å²) in [6.07, 6.45) is 1.93. The molecule has 0 atom stereocenters. The van der Waals surface area contributed by atoms with Gasteiger partial charge in [0.25, 0.3) is 0 Å². The average molecular weight is 711 g/mol. The highest BCUT2D eigenvalue weighted by molar-refractivity contribution is 7.99. The smallest absolute Gasteiger partial charge is 0.320 e. The Hall–Kier alpha value is -5.04. The predicted molar refractivity (Wildman–Crippen MR) is 198 cm³/mol. The summed E-state index contributed by atoms with van der Waals surface area (Å²) >= 11 is 7.99. The van der Waals surface area contributed by atoms with Crippen molar-refractivity contribution in [2.75, 3.05) is 32.6 Å². The van der Waals surface area contributed by atoms with E-state index in [4.69, 9.17) is 21.4 Å². The Kier molecular flexibility index (Phi) is 10.3. The monoisotopic (exact) mass is 710 g/mol. The van der Waals surface area contributed by atoms with Gasteiger partial charge in [-0.1, -0.05) is 62.3 Å². The van der Waals surface area contributed by atoms with Crippen molar-refractivity contribution in [3.8, 4) is 28.6 Å². The zero-order valence-corrected chi connectivity index (χ0v) is 30.1. The Labute approximate surface area is 300 Å². The molecule has 0 aliphatic carbocycles. The van der Waals surface area contributed by atoms with E-state index in [9.17, 15) is 9.90 Å². The van der Waals surface area contributed by atoms with Crippen molar-refractivity contribution >= 4 is 40.9 Å². The van der Waals surface area contributed by atoms with Crippen LogP contribution in [0.3, 0.4) is 0 Å². The third-order valence-corrected chi connectivity index (χ3v) is 9.24. The van der Waals surface area contributed by atoms with Crippen molar-refractivity contribution in [2.45, 2.75) is 42.5 Å². The second kappa shape index (κ2) is 14.8. The number of benzene rings is 3. The van der Waals surface area contributed by atoms with Crippen molar-refractivity contribution in [1.82, 2.24) is 34.6 Å². The van der Waals surface area contributed by atoms with Gasteiger partial charge in [0.15, 0.2) is 11.5 Å². The molecule has 0 bridgehead atoms. The average Bonchev–Trinajstić information content (AvgIpc) is 3.70. The first kappa shape index (κ1) is 34.8. The number of phenolic OH excluding ortho intramolecular Hbond substituents is 1. The highest BCUT2D eigenvalue weighted by Crippen LogP contribution is 2.34. The molecule has 11 nitrogen and oxygen atoms in total. The van der Waals surface area contributed by atoms with Gasteiger partial charge in [-0.25, -0.2) is 9.48 Å². The number of carbonyl (C=O) groups is 1. The lowest BCUT2D eigenvalue weighted by atomic mass is 9.92. The van der Waals surface area contributed by atoms with Crippen LogP contribution in [0.1, 0.15) is 32.0 Å². The molecular weight excluding hydrogens is 672 g/mol. The molecule has 6 rings (SSSR count). The van der Waals surface area contributed by atoms with Crippen LogP contribution in [0.15, 0.2) is 101 Å². The largest absolute Gasteiger partial charge is 0.508 e. The summed E-state index contributed by atoms with van der Waals surface area (Å²) in [7, 11) is 4.02.